The quantitative estimate of drug-likeness (QED) is 0.591. The number of amides is 3. The minimum Gasteiger partial charge on any atom is -0.343 e. The molecule has 3 amide bonds. The topological polar surface area (TPSA) is 57.7 Å². The van der Waals surface area contributed by atoms with Gasteiger partial charge in [-0.1, -0.05) is 53.9 Å². The van der Waals surface area contributed by atoms with E-state index >= 15 is 0 Å². The first kappa shape index (κ1) is 23.6. The van der Waals surface area contributed by atoms with Crippen molar-refractivity contribution in [2.45, 2.75) is 86.5 Å². The molecule has 27 heavy (non-hydrogen) atoms. The number of carbonyl (C=O) groups excluding carboxylic acids is 3. The molecule has 0 spiro atoms. The second-order valence-corrected chi connectivity index (χ2v) is 9.66. The first-order valence-corrected chi connectivity index (χ1v) is 10.5. The van der Waals surface area contributed by atoms with Crippen LogP contribution in [-0.2, 0) is 14.4 Å². The molecule has 0 aliphatic heterocycles. The fraction of sp³-hybridized carbons (Fsp3) is 0.864. The molecule has 5 nitrogen and oxygen atoms in total. The summed E-state index contributed by atoms with van der Waals surface area (Å²) in [4.78, 5) is 41.0. The molecule has 156 valence electrons. The number of rotatable bonds is 8. The summed E-state index contributed by atoms with van der Waals surface area (Å²) in [6, 6.07) is 0. The molecule has 1 aliphatic rings. The van der Waals surface area contributed by atoms with E-state index in [9.17, 15) is 14.4 Å². The van der Waals surface area contributed by atoms with E-state index in [1.165, 1.54) is 4.90 Å². The van der Waals surface area contributed by atoms with E-state index in [-0.39, 0.29) is 29.1 Å². The van der Waals surface area contributed by atoms with Crippen molar-refractivity contribution in [3.63, 3.8) is 0 Å². The molecule has 0 unspecified atom stereocenters. The molecule has 0 saturated heterocycles. The highest BCUT2D eigenvalue weighted by Crippen LogP contribution is 2.30. The van der Waals surface area contributed by atoms with Gasteiger partial charge in [0, 0.05) is 36.9 Å². The maximum atomic E-state index is 12.8. The van der Waals surface area contributed by atoms with Crippen LogP contribution in [0, 0.1) is 16.7 Å². The van der Waals surface area contributed by atoms with Crippen LogP contribution < -0.4 is 0 Å². The van der Waals surface area contributed by atoms with E-state index in [2.05, 4.69) is 0 Å². The lowest BCUT2D eigenvalue weighted by Gasteiger charge is -2.31. The van der Waals surface area contributed by atoms with Gasteiger partial charge in [-0.15, -0.1) is 0 Å². The summed E-state index contributed by atoms with van der Waals surface area (Å²) < 4.78 is 0. The van der Waals surface area contributed by atoms with Crippen LogP contribution in [0.4, 0.5) is 0 Å². The van der Waals surface area contributed by atoms with Gasteiger partial charge >= 0.3 is 0 Å². The SMILES string of the molecule is CCN(CCCCC(C)(C)C(=O)N(C)C(=O)C1CCCC1)C(=O)C(C)(C)C. The third-order valence-electron chi connectivity index (χ3n) is 5.71. The lowest BCUT2D eigenvalue weighted by molar-refractivity contribution is -0.151. The second-order valence-electron chi connectivity index (χ2n) is 9.66. The van der Waals surface area contributed by atoms with E-state index in [1.807, 2.05) is 46.4 Å². The zero-order valence-electron chi connectivity index (χ0n) is 18.6. The van der Waals surface area contributed by atoms with Crippen LogP contribution in [0.1, 0.15) is 86.5 Å². The van der Waals surface area contributed by atoms with Crippen LogP contribution in [0.25, 0.3) is 0 Å². The molecule has 0 aromatic carbocycles. The first-order chi connectivity index (χ1) is 12.4. The molecule has 0 N–H and O–H groups in total. The Morgan fingerprint density at radius 1 is 0.926 bits per heavy atom. The molecule has 1 rings (SSSR count). The largest absolute Gasteiger partial charge is 0.343 e. The van der Waals surface area contributed by atoms with Gasteiger partial charge in [0.25, 0.3) is 0 Å². The lowest BCUT2D eigenvalue weighted by Crippen LogP contribution is -2.44. The molecule has 1 fully saturated rings. The predicted molar refractivity (Wildman–Crippen MR) is 109 cm³/mol. The van der Waals surface area contributed by atoms with Crippen molar-refractivity contribution in [2.24, 2.45) is 16.7 Å². The monoisotopic (exact) mass is 380 g/mol. The fourth-order valence-corrected chi connectivity index (χ4v) is 3.85. The van der Waals surface area contributed by atoms with E-state index in [0.29, 0.717) is 13.1 Å². The van der Waals surface area contributed by atoms with Crippen LogP contribution >= 0.6 is 0 Å². The Labute approximate surface area is 165 Å². The maximum Gasteiger partial charge on any atom is 0.234 e. The summed E-state index contributed by atoms with van der Waals surface area (Å²) in [7, 11) is 1.63. The van der Waals surface area contributed by atoms with Crippen LogP contribution in [0.5, 0.6) is 0 Å². The average Bonchev–Trinajstić information content (AvgIpc) is 3.13. The summed E-state index contributed by atoms with van der Waals surface area (Å²) in [6.07, 6.45) is 6.43. The fourth-order valence-electron chi connectivity index (χ4n) is 3.85. The van der Waals surface area contributed by atoms with Crippen LogP contribution in [0.2, 0.25) is 0 Å². The highest BCUT2D eigenvalue weighted by Gasteiger charge is 2.36. The summed E-state index contributed by atoms with van der Waals surface area (Å²) in [5, 5.41) is 0. The Morgan fingerprint density at radius 2 is 1.48 bits per heavy atom. The molecule has 0 aromatic heterocycles. The molecule has 5 heteroatoms. The zero-order chi connectivity index (χ0) is 20.8. The van der Waals surface area contributed by atoms with Crippen LogP contribution in [-0.4, -0.2) is 47.7 Å². The zero-order valence-corrected chi connectivity index (χ0v) is 18.6. The number of imide groups is 1. The Kier molecular flexibility index (Phi) is 8.49. The first-order valence-electron chi connectivity index (χ1n) is 10.5. The van der Waals surface area contributed by atoms with E-state index in [0.717, 1.165) is 44.9 Å². The van der Waals surface area contributed by atoms with Crippen molar-refractivity contribution in [3.05, 3.63) is 0 Å². The average molecular weight is 381 g/mol. The van der Waals surface area contributed by atoms with Gasteiger partial charge in [0.2, 0.25) is 17.7 Å². The van der Waals surface area contributed by atoms with Crippen molar-refractivity contribution in [1.29, 1.82) is 0 Å². The molecule has 0 heterocycles. The lowest BCUT2D eigenvalue weighted by atomic mass is 9.85. The van der Waals surface area contributed by atoms with Gasteiger partial charge in [0.1, 0.15) is 0 Å². The maximum absolute atomic E-state index is 12.8. The Balaban J connectivity index is 2.50. The number of hydrogen-bond acceptors (Lipinski definition) is 3. The molecule has 0 atom stereocenters. The smallest absolute Gasteiger partial charge is 0.234 e. The van der Waals surface area contributed by atoms with Gasteiger partial charge < -0.3 is 4.90 Å². The standard InChI is InChI=1S/C22H40N2O3/c1-8-24(19(26)21(2,3)4)16-12-11-15-22(5,6)20(27)23(7)18(25)17-13-9-10-14-17/h17H,8-16H2,1-7H3. The van der Waals surface area contributed by atoms with E-state index in [1.54, 1.807) is 7.05 Å². The third kappa shape index (κ3) is 6.62. The van der Waals surface area contributed by atoms with Gasteiger partial charge in [-0.05, 0) is 32.6 Å². The second kappa shape index (κ2) is 9.70. The number of nitrogens with zero attached hydrogens (tertiary/aromatic N) is 2. The van der Waals surface area contributed by atoms with Gasteiger partial charge in [0.15, 0.2) is 0 Å². The minimum atomic E-state index is -0.561. The molecular formula is C22H40N2O3. The molecule has 0 aromatic rings. The summed E-state index contributed by atoms with van der Waals surface area (Å²) in [6.45, 7) is 13.1. The van der Waals surface area contributed by atoms with Gasteiger partial charge in [0.05, 0.1) is 0 Å². The predicted octanol–water partition coefficient (Wildman–Crippen LogP) is 4.25. The molecular weight excluding hydrogens is 340 g/mol. The van der Waals surface area contributed by atoms with E-state index < -0.39 is 5.41 Å². The normalized spacial score (nSPS) is 15.7. The molecule has 0 bridgehead atoms. The van der Waals surface area contributed by atoms with Crippen LogP contribution in [0.15, 0.2) is 0 Å². The number of hydrogen-bond donors (Lipinski definition) is 0. The number of unbranched alkanes of at least 4 members (excludes halogenated alkanes) is 1. The number of carbonyl (C=O) groups is 3. The summed E-state index contributed by atoms with van der Waals surface area (Å²) >= 11 is 0. The van der Waals surface area contributed by atoms with Gasteiger partial charge in [-0.3, -0.25) is 19.3 Å². The van der Waals surface area contributed by atoms with Crippen molar-refractivity contribution >= 4 is 17.7 Å². The highest BCUT2D eigenvalue weighted by atomic mass is 16.2. The van der Waals surface area contributed by atoms with Crippen molar-refractivity contribution in [2.75, 3.05) is 20.1 Å². The summed E-state index contributed by atoms with van der Waals surface area (Å²) in [5.74, 6) is 0.0922. The highest BCUT2D eigenvalue weighted by molar-refractivity contribution is 5.98. The van der Waals surface area contributed by atoms with Gasteiger partial charge in [-0.25, -0.2) is 0 Å². The van der Waals surface area contributed by atoms with Crippen molar-refractivity contribution in [1.82, 2.24) is 9.80 Å². The van der Waals surface area contributed by atoms with Crippen LogP contribution in [0.3, 0.4) is 0 Å². The Bertz CT molecular complexity index is 528. The summed E-state index contributed by atoms with van der Waals surface area (Å²) in [5.41, 5.74) is -0.928. The van der Waals surface area contributed by atoms with Gasteiger partial charge in [-0.2, -0.15) is 0 Å². The minimum absolute atomic E-state index is 0.0153. The Morgan fingerprint density at radius 3 is 1.96 bits per heavy atom. The molecule has 0 radical (unpaired) electrons. The van der Waals surface area contributed by atoms with Crippen molar-refractivity contribution in [3.8, 4) is 0 Å². The van der Waals surface area contributed by atoms with Crippen molar-refractivity contribution < 1.29 is 14.4 Å². The third-order valence-corrected chi connectivity index (χ3v) is 5.71. The molecule has 1 aliphatic carbocycles. The molecule has 1 saturated carbocycles. The van der Waals surface area contributed by atoms with E-state index in [4.69, 9.17) is 0 Å². The Hall–Kier alpha value is -1.39.